The van der Waals surface area contributed by atoms with E-state index in [9.17, 15) is 4.79 Å². The molecule has 0 amide bonds. The van der Waals surface area contributed by atoms with Crippen LogP contribution in [-0.2, 0) is 9.53 Å². The largest absolute Gasteiger partial charge is 0.469 e. The Morgan fingerprint density at radius 3 is 2.05 bits per heavy atom. The van der Waals surface area contributed by atoms with Crippen molar-refractivity contribution in [2.45, 2.75) is 58.3 Å². The zero-order valence-electron chi connectivity index (χ0n) is 13.7. The molecule has 0 aromatic carbocycles. The molecule has 0 aromatic rings. The van der Waals surface area contributed by atoms with Crippen LogP contribution in [0.5, 0.6) is 0 Å². The second-order valence-corrected chi connectivity index (χ2v) is 4.87. The standard InChI is InChI=1S/C15H31N3O2.HI/c1-4-5-6-9-12-17-15(16-2)18-13-10-7-8-11-14(19)20-3;/h4-13H2,1-3H3,(H2,16,17,18);1H. The molecule has 126 valence electrons. The van der Waals surface area contributed by atoms with Gasteiger partial charge in [-0.25, -0.2) is 0 Å². The summed E-state index contributed by atoms with van der Waals surface area (Å²) in [5.41, 5.74) is 0. The van der Waals surface area contributed by atoms with Gasteiger partial charge in [-0.1, -0.05) is 32.6 Å². The number of methoxy groups -OCH3 is 1. The van der Waals surface area contributed by atoms with Gasteiger partial charge in [-0.15, -0.1) is 24.0 Å². The van der Waals surface area contributed by atoms with Crippen LogP contribution in [0, 0.1) is 0 Å². The summed E-state index contributed by atoms with van der Waals surface area (Å²) in [6, 6.07) is 0. The van der Waals surface area contributed by atoms with E-state index in [0.717, 1.165) is 38.3 Å². The summed E-state index contributed by atoms with van der Waals surface area (Å²) in [4.78, 5) is 15.1. The van der Waals surface area contributed by atoms with Crippen LogP contribution in [0.15, 0.2) is 4.99 Å². The van der Waals surface area contributed by atoms with Crippen LogP contribution in [0.25, 0.3) is 0 Å². The van der Waals surface area contributed by atoms with Crippen molar-refractivity contribution in [2.75, 3.05) is 27.2 Å². The Bertz CT molecular complexity index is 274. The van der Waals surface area contributed by atoms with Crippen molar-refractivity contribution in [3.8, 4) is 0 Å². The fourth-order valence-electron chi connectivity index (χ4n) is 1.86. The zero-order chi connectivity index (χ0) is 15.1. The number of guanidine groups is 1. The number of rotatable bonds is 11. The second-order valence-electron chi connectivity index (χ2n) is 4.87. The number of aliphatic imine (C=N–C) groups is 1. The predicted octanol–water partition coefficient (Wildman–Crippen LogP) is 3.08. The number of hydrogen-bond donors (Lipinski definition) is 2. The maximum Gasteiger partial charge on any atom is 0.305 e. The molecule has 0 rings (SSSR count). The highest BCUT2D eigenvalue weighted by Gasteiger charge is 2.00. The quantitative estimate of drug-likeness (QED) is 0.180. The molecule has 0 heterocycles. The van der Waals surface area contributed by atoms with Crippen LogP contribution in [0.1, 0.15) is 58.3 Å². The molecule has 0 spiro atoms. The number of carbonyl (C=O) groups excluding carboxylic acids is 1. The Morgan fingerprint density at radius 2 is 1.57 bits per heavy atom. The summed E-state index contributed by atoms with van der Waals surface area (Å²) < 4.78 is 4.60. The van der Waals surface area contributed by atoms with Crippen molar-refractivity contribution in [1.82, 2.24) is 10.6 Å². The Kier molecular flexibility index (Phi) is 19.0. The summed E-state index contributed by atoms with van der Waals surface area (Å²) in [5.74, 6) is 0.747. The molecule has 0 aliphatic carbocycles. The van der Waals surface area contributed by atoms with Crippen molar-refractivity contribution in [3.05, 3.63) is 0 Å². The number of nitrogens with zero attached hydrogens (tertiary/aromatic N) is 1. The van der Waals surface area contributed by atoms with Crippen molar-refractivity contribution in [3.63, 3.8) is 0 Å². The van der Waals surface area contributed by atoms with Crippen LogP contribution in [0.3, 0.4) is 0 Å². The van der Waals surface area contributed by atoms with Gasteiger partial charge in [-0.3, -0.25) is 9.79 Å². The van der Waals surface area contributed by atoms with Gasteiger partial charge in [0.05, 0.1) is 7.11 Å². The molecule has 0 bridgehead atoms. The molecule has 21 heavy (non-hydrogen) atoms. The Hall–Kier alpha value is -0.530. The molecule has 5 nitrogen and oxygen atoms in total. The topological polar surface area (TPSA) is 62.7 Å². The molecular formula is C15H32IN3O2. The molecule has 0 aromatic heterocycles. The van der Waals surface area contributed by atoms with Gasteiger partial charge in [0.1, 0.15) is 0 Å². The third-order valence-corrected chi connectivity index (χ3v) is 3.12. The van der Waals surface area contributed by atoms with Gasteiger partial charge in [0.15, 0.2) is 5.96 Å². The van der Waals surface area contributed by atoms with Gasteiger partial charge in [-0.05, 0) is 19.3 Å². The van der Waals surface area contributed by atoms with Gasteiger partial charge in [0, 0.05) is 26.6 Å². The van der Waals surface area contributed by atoms with Crippen molar-refractivity contribution in [2.24, 2.45) is 4.99 Å². The van der Waals surface area contributed by atoms with E-state index in [4.69, 9.17) is 0 Å². The minimum Gasteiger partial charge on any atom is -0.469 e. The summed E-state index contributed by atoms with van der Waals surface area (Å²) in [6.07, 6.45) is 8.48. The van der Waals surface area contributed by atoms with Crippen LogP contribution in [0.2, 0.25) is 0 Å². The SMILES string of the molecule is CCCCCCNC(=NC)NCCCCCC(=O)OC.I. The lowest BCUT2D eigenvalue weighted by atomic mass is 10.2. The van der Waals surface area contributed by atoms with Crippen LogP contribution in [-0.4, -0.2) is 39.2 Å². The summed E-state index contributed by atoms with van der Waals surface area (Å²) in [5, 5.41) is 6.60. The molecule has 0 saturated heterocycles. The third-order valence-electron chi connectivity index (χ3n) is 3.12. The summed E-state index contributed by atoms with van der Waals surface area (Å²) in [6.45, 7) is 4.08. The van der Waals surface area contributed by atoms with Gasteiger partial charge in [0.25, 0.3) is 0 Å². The van der Waals surface area contributed by atoms with Gasteiger partial charge < -0.3 is 15.4 Å². The lowest BCUT2D eigenvalue weighted by Gasteiger charge is -2.11. The first-order valence-corrected chi connectivity index (χ1v) is 7.76. The maximum absolute atomic E-state index is 10.9. The molecule has 0 unspecified atom stereocenters. The van der Waals surface area contributed by atoms with Gasteiger partial charge >= 0.3 is 5.97 Å². The van der Waals surface area contributed by atoms with E-state index >= 15 is 0 Å². The first-order chi connectivity index (χ1) is 9.74. The zero-order valence-corrected chi connectivity index (χ0v) is 16.1. The van der Waals surface area contributed by atoms with Crippen molar-refractivity contribution in [1.29, 1.82) is 0 Å². The van der Waals surface area contributed by atoms with E-state index in [1.807, 2.05) is 0 Å². The highest BCUT2D eigenvalue weighted by atomic mass is 127. The Balaban J connectivity index is 0. The van der Waals surface area contributed by atoms with Crippen molar-refractivity contribution < 1.29 is 9.53 Å². The lowest BCUT2D eigenvalue weighted by Crippen LogP contribution is -2.38. The number of ether oxygens (including phenoxy) is 1. The molecule has 0 fully saturated rings. The molecule has 0 saturated carbocycles. The highest BCUT2D eigenvalue weighted by Crippen LogP contribution is 2.00. The lowest BCUT2D eigenvalue weighted by molar-refractivity contribution is -0.140. The molecule has 2 N–H and O–H groups in total. The first kappa shape index (κ1) is 22.7. The third kappa shape index (κ3) is 15.7. The molecule has 0 radical (unpaired) electrons. The predicted molar refractivity (Wildman–Crippen MR) is 99.4 cm³/mol. The van der Waals surface area contributed by atoms with Crippen LogP contribution in [0.4, 0.5) is 0 Å². The highest BCUT2D eigenvalue weighted by molar-refractivity contribution is 14.0. The van der Waals surface area contributed by atoms with Gasteiger partial charge in [-0.2, -0.15) is 0 Å². The normalized spacial score (nSPS) is 10.7. The van der Waals surface area contributed by atoms with E-state index in [2.05, 4.69) is 27.3 Å². The van der Waals surface area contributed by atoms with Crippen molar-refractivity contribution >= 4 is 35.9 Å². The molecule has 6 heteroatoms. The average molecular weight is 413 g/mol. The van der Waals surface area contributed by atoms with E-state index < -0.39 is 0 Å². The van der Waals surface area contributed by atoms with E-state index in [0.29, 0.717) is 6.42 Å². The van der Waals surface area contributed by atoms with E-state index in [1.54, 1.807) is 7.05 Å². The minimum atomic E-state index is -0.123. The monoisotopic (exact) mass is 413 g/mol. The number of esters is 1. The fourth-order valence-corrected chi connectivity index (χ4v) is 1.86. The average Bonchev–Trinajstić information content (AvgIpc) is 2.47. The smallest absolute Gasteiger partial charge is 0.305 e. The molecule has 0 atom stereocenters. The number of hydrogen-bond acceptors (Lipinski definition) is 3. The molecular weight excluding hydrogens is 381 g/mol. The Labute approximate surface area is 146 Å². The first-order valence-electron chi connectivity index (χ1n) is 7.76. The summed E-state index contributed by atoms with van der Waals surface area (Å²) >= 11 is 0. The van der Waals surface area contributed by atoms with Crippen LogP contribution >= 0.6 is 24.0 Å². The Morgan fingerprint density at radius 1 is 1.00 bits per heavy atom. The molecule has 0 aliphatic rings. The number of nitrogens with one attached hydrogen (secondary N) is 2. The van der Waals surface area contributed by atoms with E-state index in [1.165, 1.54) is 32.8 Å². The minimum absolute atomic E-state index is 0. The van der Waals surface area contributed by atoms with E-state index in [-0.39, 0.29) is 29.9 Å². The van der Waals surface area contributed by atoms with Gasteiger partial charge in [0.2, 0.25) is 0 Å². The fraction of sp³-hybridized carbons (Fsp3) is 0.867. The molecule has 0 aliphatic heterocycles. The second kappa shape index (κ2) is 17.5. The summed E-state index contributed by atoms with van der Waals surface area (Å²) in [7, 11) is 3.22. The van der Waals surface area contributed by atoms with Crippen LogP contribution < -0.4 is 10.6 Å². The number of halogens is 1. The maximum atomic E-state index is 10.9. The number of carbonyl (C=O) groups is 1. The number of unbranched alkanes of at least 4 members (excludes halogenated alkanes) is 5.